The summed E-state index contributed by atoms with van der Waals surface area (Å²) in [4.78, 5) is 0. The molecular formula is C18H25NO2. The fourth-order valence-corrected chi connectivity index (χ4v) is 3.67. The molecule has 21 heavy (non-hydrogen) atoms. The zero-order chi connectivity index (χ0) is 14.4. The van der Waals surface area contributed by atoms with E-state index in [1.165, 1.54) is 36.8 Å². The van der Waals surface area contributed by atoms with E-state index in [2.05, 4.69) is 24.4 Å². The van der Waals surface area contributed by atoms with E-state index in [0.717, 1.165) is 42.3 Å². The third kappa shape index (κ3) is 2.76. The summed E-state index contributed by atoms with van der Waals surface area (Å²) in [5, 5.41) is 3.80. The summed E-state index contributed by atoms with van der Waals surface area (Å²) in [7, 11) is 1.77. The van der Waals surface area contributed by atoms with Crippen LogP contribution in [0.5, 0.6) is 11.5 Å². The van der Waals surface area contributed by atoms with Crippen LogP contribution in [0.2, 0.25) is 0 Å². The second kappa shape index (κ2) is 5.20. The largest absolute Gasteiger partial charge is 0.496 e. The second-order valence-electron chi connectivity index (χ2n) is 6.99. The third-order valence-electron chi connectivity index (χ3n) is 5.09. The smallest absolute Gasteiger partial charge is 0.123 e. The van der Waals surface area contributed by atoms with Gasteiger partial charge in [0.05, 0.1) is 7.11 Å². The lowest BCUT2D eigenvalue weighted by atomic mass is 10.0. The van der Waals surface area contributed by atoms with Gasteiger partial charge in [0, 0.05) is 30.1 Å². The molecule has 4 rings (SSSR count). The Hall–Kier alpha value is -1.22. The minimum absolute atomic E-state index is 0.290. The van der Waals surface area contributed by atoms with Crippen LogP contribution < -0.4 is 14.8 Å². The van der Waals surface area contributed by atoms with Crippen molar-refractivity contribution in [1.29, 1.82) is 0 Å². The van der Waals surface area contributed by atoms with Gasteiger partial charge < -0.3 is 14.8 Å². The van der Waals surface area contributed by atoms with Crippen LogP contribution in [0.1, 0.15) is 43.7 Å². The topological polar surface area (TPSA) is 30.5 Å². The van der Waals surface area contributed by atoms with Gasteiger partial charge in [-0.05, 0) is 56.6 Å². The molecule has 2 aliphatic carbocycles. The van der Waals surface area contributed by atoms with Gasteiger partial charge in [0.15, 0.2) is 0 Å². The van der Waals surface area contributed by atoms with Crippen LogP contribution in [0.25, 0.3) is 0 Å². The van der Waals surface area contributed by atoms with Crippen molar-refractivity contribution >= 4 is 0 Å². The minimum Gasteiger partial charge on any atom is -0.496 e. The number of nitrogens with one attached hydrogen (secondary N) is 1. The molecule has 0 bridgehead atoms. The van der Waals surface area contributed by atoms with Crippen LogP contribution >= 0.6 is 0 Å². The average molecular weight is 287 g/mol. The molecule has 0 spiro atoms. The maximum atomic E-state index is 5.89. The standard InChI is InChI=1S/C18H25NO2/c1-11-7-14-8-16(20-2)15(9-17(14)21-11)10-19-18(12-3-4-12)13-5-6-13/h8-9,11-13,18-19H,3-7,10H2,1-2H3. The van der Waals surface area contributed by atoms with Gasteiger partial charge in [0.25, 0.3) is 0 Å². The second-order valence-corrected chi connectivity index (χ2v) is 6.99. The van der Waals surface area contributed by atoms with Gasteiger partial charge in [-0.2, -0.15) is 0 Å². The minimum atomic E-state index is 0.290. The predicted octanol–water partition coefficient (Wildman–Crippen LogP) is 3.30. The molecule has 2 saturated carbocycles. The van der Waals surface area contributed by atoms with Crippen molar-refractivity contribution in [2.45, 2.75) is 57.7 Å². The molecule has 1 atom stereocenters. The van der Waals surface area contributed by atoms with Crippen LogP contribution in [-0.4, -0.2) is 19.3 Å². The van der Waals surface area contributed by atoms with E-state index in [4.69, 9.17) is 9.47 Å². The molecule has 1 aromatic carbocycles. The summed E-state index contributed by atoms with van der Waals surface area (Å²) in [5.74, 6) is 3.90. The Labute approximate surface area is 127 Å². The predicted molar refractivity (Wildman–Crippen MR) is 82.9 cm³/mol. The van der Waals surface area contributed by atoms with E-state index in [1.807, 2.05) is 0 Å². The molecule has 0 saturated heterocycles. The molecule has 3 nitrogen and oxygen atoms in total. The van der Waals surface area contributed by atoms with Crippen molar-refractivity contribution < 1.29 is 9.47 Å². The Balaban J connectivity index is 1.50. The van der Waals surface area contributed by atoms with Gasteiger partial charge in [-0.1, -0.05) is 0 Å². The van der Waals surface area contributed by atoms with Gasteiger partial charge in [-0.3, -0.25) is 0 Å². The molecule has 1 aliphatic heterocycles. The fourth-order valence-electron chi connectivity index (χ4n) is 3.67. The summed E-state index contributed by atoms with van der Waals surface area (Å²) in [6.45, 7) is 3.02. The van der Waals surface area contributed by atoms with Crippen molar-refractivity contribution in [2.75, 3.05) is 7.11 Å². The number of hydrogen-bond donors (Lipinski definition) is 1. The molecule has 3 heteroatoms. The highest BCUT2D eigenvalue weighted by atomic mass is 16.5. The molecule has 0 radical (unpaired) electrons. The third-order valence-corrected chi connectivity index (χ3v) is 5.09. The van der Waals surface area contributed by atoms with E-state index in [1.54, 1.807) is 7.11 Å². The molecular weight excluding hydrogens is 262 g/mol. The van der Waals surface area contributed by atoms with Crippen molar-refractivity contribution in [3.05, 3.63) is 23.3 Å². The van der Waals surface area contributed by atoms with Gasteiger partial charge >= 0.3 is 0 Å². The van der Waals surface area contributed by atoms with Crippen LogP contribution in [0.15, 0.2) is 12.1 Å². The molecule has 3 aliphatic rings. The number of hydrogen-bond acceptors (Lipinski definition) is 3. The van der Waals surface area contributed by atoms with Gasteiger partial charge in [-0.25, -0.2) is 0 Å². The Morgan fingerprint density at radius 3 is 2.57 bits per heavy atom. The summed E-state index contributed by atoms with van der Waals surface area (Å²) >= 11 is 0. The first kappa shape index (κ1) is 13.4. The van der Waals surface area contributed by atoms with Crippen LogP contribution in [0.3, 0.4) is 0 Å². The van der Waals surface area contributed by atoms with Crippen molar-refractivity contribution in [3.63, 3.8) is 0 Å². The molecule has 1 unspecified atom stereocenters. The van der Waals surface area contributed by atoms with Crippen LogP contribution in [0.4, 0.5) is 0 Å². The molecule has 1 N–H and O–H groups in total. The van der Waals surface area contributed by atoms with Gasteiger partial charge in [0.2, 0.25) is 0 Å². The van der Waals surface area contributed by atoms with Crippen molar-refractivity contribution in [1.82, 2.24) is 5.32 Å². The van der Waals surface area contributed by atoms with Crippen LogP contribution in [0, 0.1) is 11.8 Å². The van der Waals surface area contributed by atoms with E-state index in [0.29, 0.717) is 6.10 Å². The molecule has 0 amide bonds. The average Bonchev–Trinajstić information content (AvgIpc) is 3.36. The highest BCUT2D eigenvalue weighted by Crippen LogP contribution is 2.45. The molecule has 114 valence electrons. The van der Waals surface area contributed by atoms with Gasteiger partial charge in [0.1, 0.15) is 17.6 Å². The van der Waals surface area contributed by atoms with E-state index < -0.39 is 0 Å². The zero-order valence-corrected chi connectivity index (χ0v) is 13.0. The Morgan fingerprint density at radius 1 is 1.24 bits per heavy atom. The molecule has 2 fully saturated rings. The maximum absolute atomic E-state index is 5.89. The summed E-state index contributed by atoms with van der Waals surface area (Å²) in [6.07, 6.45) is 6.93. The number of fused-ring (bicyclic) bond motifs is 1. The maximum Gasteiger partial charge on any atom is 0.123 e. The molecule has 1 aromatic rings. The normalized spacial score (nSPS) is 24.0. The summed E-state index contributed by atoms with van der Waals surface area (Å²) in [6, 6.07) is 5.07. The lowest BCUT2D eigenvalue weighted by Gasteiger charge is -2.19. The van der Waals surface area contributed by atoms with E-state index in [-0.39, 0.29) is 0 Å². The fraction of sp³-hybridized carbons (Fsp3) is 0.667. The first-order valence-corrected chi connectivity index (χ1v) is 8.34. The lowest BCUT2D eigenvalue weighted by molar-refractivity contribution is 0.254. The van der Waals surface area contributed by atoms with E-state index in [9.17, 15) is 0 Å². The van der Waals surface area contributed by atoms with Crippen molar-refractivity contribution in [3.8, 4) is 11.5 Å². The Kier molecular flexibility index (Phi) is 3.33. The summed E-state index contributed by atoms with van der Waals surface area (Å²) < 4.78 is 11.5. The van der Waals surface area contributed by atoms with Crippen molar-refractivity contribution in [2.24, 2.45) is 11.8 Å². The SMILES string of the molecule is COc1cc2c(cc1CNC(C1CC1)C1CC1)OC(C)C2. The number of ether oxygens (including phenoxy) is 2. The Morgan fingerprint density at radius 2 is 1.95 bits per heavy atom. The number of benzene rings is 1. The molecule has 0 aromatic heterocycles. The molecule has 1 heterocycles. The monoisotopic (exact) mass is 287 g/mol. The first-order valence-electron chi connectivity index (χ1n) is 8.34. The van der Waals surface area contributed by atoms with Crippen LogP contribution in [-0.2, 0) is 13.0 Å². The quantitative estimate of drug-likeness (QED) is 0.871. The highest BCUT2D eigenvalue weighted by Gasteiger charge is 2.41. The lowest BCUT2D eigenvalue weighted by Crippen LogP contribution is -2.32. The first-order chi connectivity index (χ1) is 10.2. The highest BCUT2D eigenvalue weighted by molar-refractivity contribution is 5.48. The van der Waals surface area contributed by atoms with E-state index >= 15 is 0 Å². The number of rotatable bonds is 6. The zero-order valence-electron chi connectivity index (χ0n) is 13.0. The van der Waals surface area contributed by atoms with Gasteiger partial charge in [-0.15, -0.1) is 0 Å². The summed E-state index contributed by atoms with van der Waals surface area (Å²) in [5.41, 5.74) is 2.51. The Bertz CT molecular complexity index is 522. The number of methoxy groups -OCH3 is 1.